The van der Waals surface area contributed by atoms with Gasteiger partial charge in [-0.15, -0.1) is 0 Å². The van der Waals surface area contributed by atoms with Crippen LogP contribution in [0, 0.1) is 22.7 Å². The van der Waals surface area contributed by atoms with Crippen LogP contribution in [0.15, 0.2) is 18.2 Å². The molecule has 0 fully saturated rings. The van der Waals surface area contributed by atoms with Crippen molar-refractivity contribution in [1.29, 1.82) is 10.5 Å². The maximum absolute atomic E-state index is 11.3. The van der Waals surface area contributed by atoms with E-state index in [1.54, 1.807) is 18.2 Å². The van der Waals surface area contributed by atoms with Gasteiger partial charge in [-0.05, 0) is 24.1 Å². The largest absolute Gasteiger partial charge is 0.298 e. The quantitative estimate of drug-likeness (QED) is 0.798. The number of rotatable bonds is 3. The summed E-state index contributed by atoms with van der Waals surface area (Å²) in [6.07, 6.45) is 0.133. The van der Waals surface area contributed by atoms with E-state index in [1.807, 2.05) is 12.1 Å². The Bertz CT molecular complexity index is 497. The molecule has 0 aliphatic rings. The van der Waals surface area contributed by atoms with Crippen molar-refractivity contribution in [2.45, 2.75) is 18.2 Å². The van der Waals surface area contributed by atoms with Gasteiger partial charge in [-0.2, -0.15) is 10.5 Å². The number of halogens is 1. The Morgan fingerprint density at radius 2 is 2.19 bits per heavy atom. The van der Waals surface area contributed by atoms with E-state index in [9.17, 15) is 4.79 Å². The van der Waals surface area contributed by atoms with Crippen LogP contribution in [0.3, 0.4) is 0 Å². The standard InChI is InChI=1S/C12H9BrN2O/c1-8(16)12(13)11-4-2-3-9(7-15)10(11)5-6-14/h2-4,12H,5H2,1H3. The minimum Gasteiger partial charge on any atom is -0.298 e. The fourth-order valence-corrected chi connectivity index (χ4v) is 1.87. The number of hydrogen-bond acceptors (Lipinski definition) is 3. The van der Waals surface area contributed by atoms with Gasteiger partial charge >= 0.3 is 0 Å². The van der Waals surface area contributed by atoms with Crippen molar-refractivity contribution in [3.8, 4) is 12.1 Å². The molecule has 0 aliphatic heterocycles. The van der Waals surface area contributed by atoms with Gasteiger partial charge in [-0.1, -0.05) is 28.1 Å². The van der Waals surface area contributed by atoms with E-state index in [4.69, 9.17) is 10.5 Å². The third kappa shape index (κ3) is 2.48. The summed E-state index contributed by atoms with van der Waals surface area (Å²) < 4.78 is 0. The second-order valence-corrected chi connectivity index (χ2v) is 4.21. The minimum absolute atomic E-state index is 0.0470. The molecular formula is C12H9BrN2O. The number of hydrogen-bond donors (Lipinski definition) is 0. The molecule has 16 heavy (non-hydrogen) atoms. The van der Waals surface area contributed by atoms with E-state index in [0.717, 1.165) is 0 Å². The molecule has 0 radical (unpaired) electrons. The molecule has 0 saturated heterocycles. The predicted octanol–water partition coefficient (Wildman–Crippen LogP) is 2.65. The first-order valence-electron chi connectivity index (χ1n) is 4.65. The molecule has 1 unspecified atom stereocenters. The van der Waals surface area contributed by atoms with Crippen LogP contribution in [0.1, 0.15) is 28.4 Å². The second kappa shape index (κ2) is 5.44. The van der Waals surface area contributed by atoms with Crippen molar-refractivity contribution in [1.82, 2.24) is 0 Å². The molecule has 0 aliphatic carbocycles. The first kappa shape index (κ1) is 12.4. The summed E-state index contributed by atoms with van der Waals surface area (Å²) in [4.78, 5) is 10.8. The smallest absolute Gasteiger partial charge is 0.147 e. The summed E-state index contributed by atoms with van der Waals surface area (Å²) in [6, 6.07) is 9.16. The number of Topliss-reactive ketones (excluding diaryl/α,β-unsaturated/α-hetero) is 1. The highest BCUT2D eigenvalue weighted by Gasteiger charge is 2.18. The Hall–Kier alpha value is -1.65. The van der Waals surface area contributed by atoms with Gasteiger partial charge in [0.15, 0.2) is 0 Å². The van der Waals surface area contributed by atoms with Crippen LogP contribution in [-0.4, -0.2) is 5.78 Å². The van der Waals surface area contributed by atoms with Crippen molar-refractivity contribution in [2.24, 2.45) is 0 Å². The molecule has 1 atom stereocenters. The molecule has 0 N–H and O–H groups in total. The molecule has 1 aromatic rings. The fraction of sp³-hybridized carbons (Fsp3) is 0.250. The molecular weight excluding hydrogens is 268 g/mol. The van der Waals surface area contributed by atoms with Crippen molar-refractivity contribution in [2.75, 3.05) is 0 Å². The average molecular weight is 277 g/mol. The van der Waals surface area contributed by atoms with E-state index in [0.29, 0.717) is 16.7 Å². The number of carbonyl (C=O) groups excluding carboxylic acids is 1. The molecule has 0 heterocycles. The Morgan fingerprint density at radius 3 is 2.69 bits per heavy atom. The van der Waals surface area contributed by atoms with Crippen LogP contribution in [0.2, 0.25) is 0 Å². The first-order valence-corrected chi connectivity index (χ1v) is 5.56. The second-order valence-electron chi connectivity index (χ2n) is 3.29. The van der Waals surface area contributed by atoms with Gasteiger partial charge in [0.2, 0.25) is 0 Å². The molecule has 0 saturated carbocycles. The number of nitrogens with zero attached hydrogens (tertiary/aromatic N) is 2. The van der Waals surface area contributed by atoms with E-state index < -0.39 is 4.83 Å². The molecule has 3 nitrogen and oxygen atoms in total. The van der Waals surface area contributed by atoms with E-state index in [2.05, 4.69) is 15.9 Å². The van der Waals surface area contributed by atoms with Gasteiger partial charge in [-0.3, -0.25) is 4.79 Å². The lowest BCUT2D eigenvalue weighted by molar-refractivity contribution is -0.116. The molecule has 0 spiro atoms. The summed E-state index contributed by atoms with van der Waals surface area (Å²) in [7, 11) is 0. The fourth-order valence-electron chi connectivity index (χ4n) is 1.44. The van der Waals surface area contributed by atoms with Crippen LogP contribution in [0.25, 0.3) is 0 Å². The third-order valence-corrected chi connectivity index (χ3v) is 3.36. The SMILES string of the molecule is CC(=O)C(Br)c1cccc(C#N)c1CC#N. The zero-order valence-corrected chi connectivity index (χ0v) is 10.3. The zero-order chi connectivity index (χ0) is 12.1. The number of nitriles is 2. The molecule has 80 valence electrons. The molecule has 1 aromatic carbocycles. The topological polar surface area (TPSA) is 64.7 Å². The highest BCUT2D eigenvalue weighted by Crippen LogP contribution is 2.28. The maximum atomic E-state index is 11.3. The van der Waals surface area contributed by atoms with Gasteiger partial charge in [0, 0.05) is 0 Å². The first-order chi connectivity index (χ1) is 7.61. The minimum atomic E-state index is -0.454. The van der Waals surface area contributed by atoms with E-state index in [1.165, 1.54) is 6.92 Å². The van der Waals surface area contributed by atoms with Crippen LogP contribution in [0.4, 0.5) is 0 Å². The van der Waals surface area contributed by atoms with Crippen molar-refractivity contribution >= 4 is 21.7 Å². The van der Waals surface area contributed by atoms with Gasteiger partial charge in [-0.25, -0.2) is 0 Å². The van der Waals surface area contributed by atoms with Crippen LogP contribution in [-0.2, 0) is 11.2 Å². The van der Waals surface area contributed by atoms with Gasteiger partial charge in [0.05, 0.1) is 28.9 Å². The number of benzene rings is 1. The summed E-state index contributed by atoms with van der Waals surface area (Å²) in [5.41, 5.74) is 1.78. The molecule has 0 amide bonds. The zero-order valence-electron chi connectivity index (χ0n) is 8.70. The predicted molar refractivity (Wildman–Crippen MR) is 62.8 cm³/mol. The summed E-state index contributed by atoms with van der Waals surface area (Å²) in [5.74, 6) is -0.0470. The Kier molecular flexibility index (Phi) is 4.22. The highest BCUT2D eigenvalue weighted by molar-refractivity contribution is 9.09. The van der Waals surface area contributed by atoms with Crippen molar-refractivity contribution in [3.63, 3.8) is 0 Å². The lowest BCUT2D eigenvalue weighted by atomic mass is 9.96. The lowest BCUT2D eigenvalue weighted by Crippen LogP contribution is -2.06. The molecule has 4 heteroatoms. The average Bonchev–Trinajstić information content (AvgIpc) is 2.28. The summed E-state index contributed by atoms with van der Waals surface area (Å²) in [6.45, 7) is 1.47. The number of alkyl halides is 1. The maximum Gasteiger partial charge on any atom is 0.147 e. The van der Waals surface area contributed by atoms with Crippen LogP contribution < -0.4 is 0 Å². The summed E-state index contributed by atoms with van der Waals surface area (Å²) >= 11 is 3.27. The Morgan fingerprint density at radius 1 is 1.50 bits per heavy atom. The van der Waals surface area contributed by atoms with Gasteiger partial charge in [0.25, 0.3) is 0 Å². The van der Waals surface area contributed by atoms with Crippen LogP contribution >= 0.6 is 15.9 Å². The van der Waals surface area contributed by atoms with E-state index in [-0.39, 0.29) is 12.2 Å². The molecule has 0 aromatic heterocycles. The Labute approximate surface area is 102 Å². The molecule has 1 rings (SSSR count). The van der Waals surface area contributed by atoms with Crippen LogP contribution in [0.5, 0.6) is 0 Å². The Balaban J connectivity index is 3.34. The normalized spacial score (nSPS) is 11.2. The number of carbonyl (C=O) groups is 1. The lowest BCUT2D eigenvalue weighted by Gasteiger charge is -2.11. The third-order valence-electron chi connectivity index (χ3n) is 2.22. The van der Waals surface area contributed by atoms with Crippen molar-refractivity contribution in [3.05, 3.63) is 34.9 Å². The van der Waals surface area contributed by atoms with Crippen molar-refractivity contribution < 1.29 is 4.79 Å². The number of ketones is 1. The van der Waals surface area contributed by atoms with E-state index >= 15 is 0 Å². The monoisotopic (exact) mass is 276 g/mol. The summed E-state index contributed by atoms with van der Waals surface area (Å²) in [5, 5.41) is 17.7. The highest BCUT2D eigenvalue weighted by atomic mass is 79.9. The van der Waals surface area contributed by atoms with Gasteiger partial charge < -0.3 is 0 Å². The van der Waals surface area contributed by atoms with Gasteiger partial charge in [0.1, 0.15) is 5.78 Å². The molecule has 0 bridgehead atoms.